The Morgan fingerprint density at radius 3 is 2.43 bits per heavy atom. The van der Waals surface area contributed by atoms with Gasteiger partial charge >= 0.3 is 0 Å². The van der Waals surface area contributed by atoms with Crippen molar-refractivity contribution in [3.05, 3.63) is 65.2 Å². The maximum absolute atomic E-state index is 13.2. The second-order valence-electron chi connectivity index (χ2n) is 9.31. The monoisotopic (exact) mass is 499 g/mol. The predicted molar refractivity (Wildman–Crippen MR) is 133 cm³/mol. The van der Waals surface area contributed by atoms with E-state index < -0.39 is 22.0 Å². The maximum Gasteiger partial charge on any atom is 0.269 e. The third-order valence-corrected chi connectivity index (χ3v) is 7.79. The maximum atomic E-state index is 13.2. The Labute approximate surface area is 207 Å². The van der Waals surface area contributed by atoms with Gasteiger partial charge < -0.3 is 10.2 Å². The number of fused-ring (bicyclic) bond motifs is 1. The summed E-state index contributed by atoms with van der Waals surface area (Å²) in [6, 6.07) is 13.1. The molecule has 0 spiro atoms. The zero-order valence-electron chi connectivity index (χ0n) is 20.7. The van der Waals surface area contributed by atoms with Crippen molar-refractivity contribution in [3.8, 4) is 0 Å². The van der Waals surface area contributed by atoms with Crippen LogP contribution in [0.4, 0.5) is 0 Å². The number of hydrogen-bond donors (Lipinski definition) is 1. The molecule has 3 rings (SSSR count). The first-order valence-corrected chi connectivity index (χ1v) is 13.2. The van der Waals surface area contributed by atoms with Crippen LogP contribution in [0.25, 0.3) is 0 Å². The van der Waals surface area contributed by atoms with E-state index in [2.05, 4.69) is 5.32 Å². The van der Waals surface area contributed by atoms with Crippen molar-refractivity contribution in [3.63, 3.8) is 0 Å². The molecule has 2 aromatic carbocycles. The molecule has 0 bridgehead atoms. The molecular weight excluding hydrogens is 466 g/mol. The van der Waals surface area contributed by atoms with Gasteiger partial charge in [0.1, 0.15) is 10.9 Å². The Kier molecular flexibility index (Phi) is 8.32. The van der Waals surface area contributed by atoms with Gasteiger partial charge in [-0.3, -0.25) is 14.4 Å². The van der Waals surface area contributed by atoms with Crippen molar-refractivity contribution >= 4 is 27.7 Å². The van der Waals surface area contributed by atoms with Crippen LogP contribution in [0.15, 0.2) is 53.4 Å². The lowest BCUT2D eigenvalue weighted by Crippen LogP contribution is -2.48. The molecule has 0 unspecified atom stereocenters. The molecule has 35 heavy (non-hydrogen) atoms. The fourth-order valence-electron chi connectivity index (χ4n) is 4.01. The predicted octanol–water partition coefficient (Wildman–Crippen LogP) is 3.11. The van der Waals surface area contributed by atoms with Gasteiger partial charge in [-0.25, -0.2) is 12.7 Å². The number of benzene rings is 2. The minimum Gasteiger partial charge on any atom is -0.354 e. The van der Waals surface area contributed by atoms with Crippen molar-refractivity contribution in [2.75, 3.05) is 13.1 Å². The first-order chi connectivity index (χ1) is 16.5. The lowest BCUT2D eigenvalue weighted by atomic mass is 10.1. The molecule has 0 saturated carbocycles. The number of carbonyl (C=O) groups excluding carboxylic acids is 3. The standard InChI is InChI=1S/C26H33N3O5S/c1-18(2)16-27-25(31)20(4)28(17-21-10-7-9-19(3)15-21)24(30)13-8-14-29-26(32)22-11-5-6-12-23(22)35(29,33)34/h5-7,9-12,15,18,20H,8,13-14,16-17H2,1-4H3,(H,27,31)/t20-/m0/s1. The average molecular weight is 500 g/mol. The largest absolute Gasteiger partial charge is 0.354 e. The van der Waals surface area contributed by atoms with Crippen LogP contribution >= 0.6 is 0 Å². The molecule has 2 aromatic rings. The van der Waals surface area contributed by atoms with E-state index in [1.807, 2.05) is 45.0 Å². The van der Waals surface area contributed by atoms with Crippen LogP contribution in [0.3, 0.4) is 0 Å². The van der Waals surface area contributed by atoms with Crippen LogP contribution in [-0.2, 0) is 26.2 Å². The lowest BCUT2D eigenvalue weighted by molar-refractivity contribution is -0.140. The van der Waals surface area contributed by atoms with E-state index in [0.717, 1.165) is 15.4 Å². The Hall–Kier alpha value is -3.20. The van der Waals surface area contributed by atoms with Crippen molar-refractivity contribution in [1.29, 1.82) is 0 Å². The van der Waals surface area contributed by atoms with E-state index in [-0.39, 0.29) is 54.1 Å². The normalized spacial score (nSPS) is 15.1. The zero-order valence-corrected chi connectivity index (χ0v) is 21.5. The highest BCUT2D eigenvalue weighted by Crippen LogP contribution is 2.30. The summed E-state index contributed by atoms with van der Waals surface area (Å²) in [7, 11) is -3.92. The van der Waals surface area contributed by atoms with E-state index in [9.17, 15) is 22.8 Å². The lowest BCUT2D eigenvalue weighted by Gasteiger charge is -2.29. The molecule has 3 amide bonds. The fourth-order valence-corrected chi connectivity index (χ4v) is 5.62. The van der Waals surface area contributed by atoms with Crippen LogP contribution in [0.2, 0.25) is 0 Å². The van der Waals surface area contributed by atoms with Crippen molar-refractivity contribution < 1.29 is 22.8 Å². The molecular formula is C26H33N3O5S. The number of rotatable bonds is 10. The third-order valence-electron chi connectivity index (χ3n) is 5.95. The molecule has 1 atom stereocenters. The number of aryl methyl sites for hydroxylation is 1. The van der Waals surface area contributed by atoms with Crippen LogP contribution in [0.5, 0.6) is 0 Å². The minimum atomic E-state index is -3.92. The Morgan fingerprint density at radius 1 is 1.06 bits per heavy atom. The SMILES string of the molecule is Cc1cccc(CN(C(=O)CCCN2C(=O)c3ccccc3S2(=O)=O)[C@@H](C)C(=O)NCC(C)C)c1. The van der Waals surface area contributed by atoms with Crippen LogP contribution in [-0.4, -0.2) is 54.5 Å². The number of nitrogens with zero attached hydrogens (tertiary/aromatic N) is 2. The number of amides is 3. The summed E-state index contributed by atoms with van der Waals surface area (Å²) < 4.78 is 26.3. The number of carbonyl (C=O) groups is 3. The molecule has 1 aliphatic rings. The van der Waals surface area contributed by atoms with Gasteiger partial charge in [0, 0.05) is 26.1 Å². The highest BCUT2D eigenvalue weighted by molar-refractivity contribution is 7.90. The topological polar surface area (TPSA) is 104 Å². The van der Waals surface area contributed by atoms with Gasteiger partial charge in [-0.1, -0.05) is 55.8 Å². The van der Waals surface area contributed by atoms with Gasteiger partial charge in [-0.2, -0.15) is 0 Å². The summed E-state index contributed by atoms with van der Waals surface area (Å²) in [6.45, 7) is 8.29. The second kappa shape index (κ2) is 11.0. The summed E-state index contributed by atoms with van der Waals surface area (Å²) in [5, 5.41) is 2.88. The van der Waals surface area contributed by atoms with Gasteiger partial charge in [0.2, 0.25) is 11.8 Å². The Morgan fingerprint density at radius 2 is 1.77 bits per heavy atom. The molecule has 0 radical (unpaired) electrons. The number of hydrogen-bond acceptors (Lipinski definition) is 5. The summed E-state index contributed by atoms with van der Waals surface area (Å²) >= 11 is 0. The molecule has 0 aliphatic carbocycles. The van der Waals surface area contributed by atoms with E-state index in [4.69, 9.17) is 0 Å². The fraction of sp³-hybridized carbons (Fsp3) is 0.423. The van der Waals surface area contributed by atoms with Crippen molar-refractivity contribution in [2.45, 2.75) is 58.0 Å². The van der Waals surface area contributed by atoms with Gasteiger partial charge in [0.15, 0.2) is 0 Å². The van der Waals surface area contributed by atoms with Crippen LogP contribution in [0.1, 0.15) is 55.1 Å². The second-order valence-corrected chi connectivity index (χ2v) is 11.1. The Bertz CT molecular complexity index is 1210. The third kappa shape index (κ3) is 6.08. The molecule has 188 valence electrons. The first-order valence-electron chi connectivity index (χ1n) is 11.8. The number of nitrogens with one attached hydrogen (secondary N) is 1. The van der Waals surface area contributed by atoms with Gasteiger partial charge in [-0.05, 0) is 43.9 Å². The van der Waals surface area contributed by atoms with E-state index in [1.165, 1.54) is 17.0 Å². The molecule has 1 aliphatic heterocycles. The van der Waals surface area contributed by atoms with Gasteiger partial charge in [-0.15, -0.1) is 0 Å². The van der Waals surface area contributed by atoms with Crippen LogP contribution in [0, 0.1) is 12.8 Å². The minimum absolute atomic E-state index is 0.00324. The molecule has 9 heteroatoms. The summed E-state index contributed by atoms with van der Waals surface area (Å²) in [6.07, 6.45) is 0.158. The van der Waals surface area contributed by atoms with E-state index in [0.29, 0.717) is 6.54 Å². The molecule has 0 fully saturated rings. The van der Waals surface area contributed by atoms with Gasteiger partial charge in [0.25, 0.3) is 15.9 Å². The summed E-state index contributed by atoms with van der Waals surface area (Å²) in [5.41, 5.74) is 2.09. The van der Waals surface area contributed by atoms with Crippen LogP contribution < -0.4 is 5.32 Å². The summed E-state index contributed by atoms with van der Waals surface area (Å²) in [5.74, 6) is -0.824. The molecule has 8 nitrogen and oxygen atoms in total. The smallest absolute Gasteiger partial charge is 0.269 e. The van der Waals surface area contributed by atoms with E-state index in [1.54, 1.807) is 19.1 Å². The zero-order chi connectivity index (χ0) is 25.8. The Balaban J connectivity index is 1.70. The first kappa shape index (κ1) is 26.4. The number of sulfonamides is 1. The quantitative estimate of drug-likeness (QED) is 0.541. The highest BCUT2D eigenvalue weighted by Gasteiger charge is 2.40. The van der Waals surface area contributed by atoms with Crippen molar-refractivity contribution in [2.24, 2.45) is 5.92 Å². The molecule has 1 heterocycles. The van der Waals surface area contributed by atoms with Crippen molar-refractivity contribution in [1.82, 2.24) is 14.5 Å². The van der Waals surface area contributed by atoms with E-state index >= 15 is 0 Å². The molecule has 1 N–H and O–H groups in total. The molecule has 0 saturated heterocycles. The average Bonchev–Trinajstić information content (AvgIpc) is 3.01. The van der Waals surface area contributed by atoms with Gasteiger partial charge in [0.05, 0.1) is 5.56 Å². The summed E-state index contributed by atoms with van der Waals surface area (Å²) in [4.78, 5) is 40.1. The highest BCUT2D eigenvalue weighted by atomic mass is 32.2. The molecule has 0 aromatic heterocycles.